The molecule has 0 aliphatic carbocycles. The molecule has 1 aromatic heterocycles. The van der Waals surface area contributed by atoms with Gasteiger partial charge in [-0.05, 0) is 54.2 Å². The fourth-order valence-corrected chi connectivity index (χ4v) is 3.62. The number of para-hydroxylation sites is 2. The number of ether oxygens (including phenoxy) is 2. The maximum absolute atomic E-state index is 12.6. The van der Waals surface area contributed by atoms with Crippen molar-refractivity contribution in [3.8, 4) is 22.8 Å². The first-order valence-electron chi connectivity index (χ1n) is 11.2. The molecule has 4 aromatic rings. The van der Waals surface area contributed by atoms with E-state index in [9.17, 15) is 4.79 Å². The summed E-state index contributed by atoms with van der Waals surface area (Å²) in [5, 5.41) is 14.7. The first-order valence-corrected chi connectivity index (χ1v) is 11.6. The number of rotatable bonds is 8. The van der Waals surface area contributed by atoms with Crippen molar-refractivity contribution in [2.45, 2.75) is 12.5 Å². The molecule has 4 N–H and O–H groups in total. The van der Waals surface area contributed by atoms with Crippen molar-refractivity contribution in [2.24, 2.45) is 5.73 Å². The van der Waals surface area contributed by atoms with Crippen molar-refractivity contribution in [1.29, 1.82) is 0 Å². The van der Waals surface area contributed by atoms with Crippen LogP contribution in [0, 0.1) is 0 Å². The number of nitrogens with zero attached hydrogens (tertiary/aromatic N) is 2. The van der Waals surface area contributed by atoms with Gasteiger partial charge in [0.25, 0.3) is 0 Å². The molecule has 3 aromatic carbocycles. The zero-order valence-corrected chi connectivity index (χ0v) is 20.4. The molecular formula is C27H25N5O3S. The van der Waals surface area contributed by atoms with Crippen LogP contribution in [0.1, 0.15) is 18.0 Å². The van der Waals surface area contributed by atoms with E-state index >= 15 is 0 Å². The number of aromatic nitrogens is 2. The Morgan fingerprint density at radius 1 is 0.917 bits per heavy atom. The molecule has 36 heavy (non-hydrogen) atoms. The van der Waals surface area contributed by atoms with Crippen molar-refractivity contribution in [1.82, 2.24) is 10.2 Å². The Labute approximate surface area is 214 Å². The average Bonchev–Trinajstić information content (AvgIpc) is 2.90. The fraction of sp³-hybridized carbons (Fsp3) is 0.111. The van der Waals surface area contributed by atoms with Crippen molar-refractivity contribution in [3.05, 3.63) is 96.6 Å². The second-order valence-electron chi connectivity index (χ2n) is 7.80. The van der Waals surface area contributed by atoms with Crippen molar-refractivity contribution >= 4 is 34.8 Å². The van der Waals surface area contributed by atoms with Crippen molar-refractivity contribution in [3.63, 3.8) is 0 Å². The molecule has 0 aliphatic heterocycles. The van der Waals surface area contributed by atoms with Crippen LogP contribution in [0.15, 0.2) is 91.0 Å². The van der Waals surface area contributed by atoms with Crippen LogP contribution in [-0.2, 0) is 4.79 Å². The Morgan fingerprint density at radius 2 is 1.64 bits per heavy atom. The molecule has 0 saturated heterocycles. The molecule has 4 rings (SSSR count). The SMILES string of the molecule is COc1ccc(C(N)CC(=O)Oc2ccccc2NC(=S)Nc2ccc(-c3ccccc3)nn2)cc1. The number of nitrogens with one attached hydrogen (secondary N) is 2. The summed E-state index contributed by atoms with van der Waals surface area (Å²) in [5.41, 5.74) is 9.25. The van der Waals surface area contributed by atoms with Crippen LogP contribution in [0.5, 0.6) is 11.5 Å². The number of carbonyl (C=O) groups excluding carboxylic acids is 1. The van der Waals surface area contributed by atoms with Gasteiger partial charge in [0.2, 0.25) is 0 Å². The highest BCUT2D eigenvalue weighted by atomic mass is 32.1. The van der Waals surface area contributed by atoms with Gasteiger partial charge in [-0.1, -0.05) is 54.6 Å². The summed E-state index contributed by atoms with van der Waals surface area (Å²) >= 11 is 5.41. The average molecular weight is 500 g/mol. The van der Waals surface area contributed by atoms with Crippen LogP contribution in [0.3, 0.4) is 0 Å². The normalized spacial score (nSPS) is 11.3. The van der Waals surface area contributed by atoms with Crippen molar-refractivity contribution < 1.29 is 14.3 Å². The number of anilines is 2. The lowest BCUT2D eigenvalue weighted by atomic mass is 10.0. The summed E-state index contributed by atoms with van der Waals surface area (Å²) in [5.74, 6) is 1.07. The summed E-state index contributed by atoms with van der Waals surface area (Å²) in [6.45, 7) is 0. The summed E-state index contributed by atoms with van der Waals surface area (Å²) in [4.78, 5) is 12.6. The Bertz CT molecular complexity index is 1320. The highest BCUT2D eigenvalue weighted by Crippen LogP contribution is 2.26. The monoisotopic (exact) mass is 499 g/mol. The van der Waals surface area contributed by atoms with Gasteiger partial charge >= 0.3 is 5.97 Å². The van der Waals surface area contributed by atoms with Gasteiger partial charge in [0, 0.05) is 11.6 Å². The summed E-state index contributed by atoms with van der Waals surface area (Å²) in [7, 11) is 1.59. The lowest BCUT2D eigenvalue weighted by Gasteiger charge is -2.15. The molecule has 0 radical (unpaired) electrons. The van der Waals surface area contributed by atoms with E-state index in [0.29, 0.717) is 17.3 Å². The second-order valence-corrected chi connectivity index (χ2v) is 8.21. The standard InChI is InChI=1S/C27H25N5O3S/c1-34-20-13-11-18(12-14-20)21(28)17-26(33)35-24-10-6-5-9-23(24)29-27(36)30-25-16-15-22(31-32-25)19-7-3-2-4-8-19/h2-16,21H,17,28H2,1H3,(H2,29,30,32,36). The van der Waals surface area contributed by atoms with Gasteiger partial charge in [0.15, 0.2) is 16.7 Å². The number of hydrogen-bond donors (Lipinski definition) is 3. The number of benzene rings is 3. The van der Waals surface area contributed by atoms with Gasteiger partial charge < -0.3 is 25.8 Å². The molecule has 0 amide bonds. The highest BCUT2D eigenvalue weighted by molar-refractivity contribution is 7.80. The van der Waals surface area contributed by atoms with E-state index in [4.69, 9.17) is 27.4 Å². The minimum absolute atomic E-state index is 0.00666. The van der Waals surface area contributed by atoms with E-state index in [1.807, 2.05) is 48.5 Å². The van der Waals surface area contributed by atoms with Crippen LogP contribution < -0.4 is 25.8 Å². The first kappa shape index (κ1) is 24.8. The van der Waals surface area contributed by atoms with E-state index in [2.05, 4.69) is 20.8 Å². The van der Waals surface area contributed by atoms with Crippen LogP contribution in [0.2, 0.25) is 0 Å². The van der Waals surface area contributed by atoms with E-state index in [-0.39, 0.29) is 11.5 Å². The minimum Gasteiger partial charge on any atom is -0.497 e. The van der Waals surface area contributed by atoms with Crippen LogP contribution >= 0.6 is 12.2 Å². The fourth-order valence-electron chi connectivity index (χ4n) is 3.40. The summed E-state index contributed by atoms with van der Waals surface area (Å²) in [6, 6.07) is 27.1. The molecule has 9 heteroatoms. The molecule has 1 unspecified atom stereocenters. The van der Waals surface area contributed by atoms with E-state index in [1.165, 1.54) is 0 Å². The van der Waals surface area contributed by atoms with E-state index in [1.54, 1.807) is 49.6 Å². The largest absolute Gasteiger partial charge is 0.497 e. The second kappa shape index (κ2) is 11.9. The third-order valence-electron chi connectivity index (χ3n) is 5.27. The minimum atomic E-state index is -0.510. The smallest absolute Gasteiger partial charge is 0.313 e. The highest BCUT2D eigenvalue weighted by Gasteiger charge is 2.16. The third kappa shape index (κ3) is 6.62. The van der Waals surface area contributed by atoms with Gasteiger partial charge in [-0.3, -0.25) is 4.79 Å². The number of methoxy groups -OCH3 is 1. The predicted octanol–water partition coefficient (Wildman–Crippen LogP) is 4.96. The predicted molar refractivity (Wildman–Crippen MR) is 144 cm³/mol. The number of esters is 1. The van der Waals surface area contributed by atoms with E-state index in [0.717, 1.165) is 22.6 Å². The number of carbonyl (C=O) groups is 1. The Balaban J connectivity index is 1.35. The topological polar surface area (TPSA) is 111 Å². The van der Waals surface area contributed by atoms with Gasteiger partial charge in [0.1, 0.15) is 5.75 Å². The lowest BCUT2D eigenvalue weighted by molar-refractivity contribution is -0.134. The maximum Gasteiger partial charge on any atom is 0.313 e. The zero-order chi connectivity index (χ0) is 25.3. The van der Waals surface area contributed by atoms with Crippen LogP contribution in [0.4, 0.5) is 11.5 Å². The van der Waals surface area contributed by atoms with Crippen molar-refractivity contribution in [2.75, 3.05) is 17.7 Å². The van der Waals surface area contributed by atoms with E-state index < -0.39 is 12.0 Å². The van der Waals surface area contributed by atoms with Gasteiger partial charge in [-0.2, -0.15) is 0 Å². The quantitative estimate of drug-likeness (QED) is 0.176. The Kier molecular flexibility index (Phi) is 8.17. The molecule has 1 heterocycles. The molecule has 0 bridgehead atoms. The molecular weight excluding hydrogens is 474 g/mol. The molecule has 182 valence electrons. The first-order chi connectivity index (χ1) is 17.5. The third-order valence-corrected chi connectivity index (χ3v) is 5.47. The molecule has 0 saturated carbocycles. The maximum atomic E-state index is 12.6. The molecule has 0 spiro atoms. The van der Waals surface area contributed by atoms with Crippen LogP contribution in [-0.4, -0.2) is 28.4 Å². The number of hydrogen-bond acceptors (Lipinski definition) is 7. The molecule has 1 atom stereocenters. The van der Waals surface area contributed by atoms with Crippen LogP contribution in [0.25, 0.3) is 11.3 Å². The summed E-state index contributed by atoms with van der Waals surface area (Å²) in [6.07, 6.45) is 0.00666. The molecule has 8 nitrogen and oxygen atoms in total. The lowest BCUT2D eigenvalue weighted by Crippen LogP contribution is -2.22. The number of thiocarbonyl (C=S) groups is 1. The summed E-state index contributed by atoms with van der Waals surface area (Å²) < 4.78 is 10.7. The number of nitrogens with two attached hydrogens (primary N) is 1. The molecule has 0 fully saturated rings. The van der Waals surface area contributed by atoms with Gasteiger partial charge in [-0.25, -0.2) is 0 Å². The Morgan fingerprint density at radius 3 is 2.33 bits per heavy atom. The van der Waals surface area contributed by atoms with Gasteiger partial charge in [0.05, 0.1) is 24.9 Å². The Hall–Kier alpha value is -4.34. The van der Waals surface area contributed by atoms with Gasteiger partial charge in [-0.15, -0.1) is 10.2 Å². The molecule has 0 aliphatic rings. The zero-order valence-electron chi connectivity index (χ0n) is 19.5.